The molecule has 0 spiro atoms. The molecule has 2 aromatic rings. The highest BCUT2D eigenvalue weighted by atomic mass is 79.9. The number of hydrogen-bond acceptors (Lipinski definition) is 6. The highest BCUT2D eigenvalue weighted by Crippen LogP contribution is 2.37. The van der Waals surface area contributed by atoms with Gasteiger partial charge < -0.3 is 9.80 Å². The predicted octanol–water partition coefficient (Wildman–Crippen LogP) is 3.31. The highest BCUT2D eigenvalue weighted by Gasteiger charge is 2.30. The Kier molecular flexibility index (Phi) is 3.54. The predicted molar refractivity (Wildman–Crippen MR) is 87.7 cm³/mol. The van der Waals surface area contributed by atoms with Gasteiger partial charge in [0.2, 0.25) is 5.13 Å². The second-order valence-corrected chi connectivity index (χ2v) is 8.68. The molecule has 5 rings (SSSR count). The van der Waals surface area contributed by atoms with Crippen molar-refractivity contribution in [3.63, 3.8) is 0 Å². The van der Waals surface area contributed by atoms with Crippen molar-refractivity contribution in [3.8, 4) is 9.88 Å². The van der Waals surface area contributed by atoms with E-state index in [9.17, 15) is 0 Å². The molecule has 0 amide bonds. The van der Waals surface area contributed by atoms with Crippen molar-refractivity contribution >= 4 is 43.7 Å². The number of nitrogens with zero attached hydrogens (tertiary/aromatic N) is 4. The van der Waals surface area contributed by atoms with Crippen LogP contribution >= 0.6 is 38.6 Å². The molecule has 106 valence electrons. The Hall–Kier alpha value is -0.500. The van der Waals surface area contributed by atoms with E-state index in [0.29, 0.717) is 6.04 Å². The molecule has 20 heavy (non-hydrogen) atoms. The zero-order valence-corrected chi connectivity index (χ0v) is 14.2. The molecule has 3 fully saturated rings. The number of anilines is 1. The van der Waals surface area contributed by atoms with Crippen LogP contribution in [0, 0.1) is 0 Å². The van der Waals surface area contributed by atoms with Crippen LogP contribution in [0.5, 0.6) is 0 Å². The third-order valence-electron chi connectivity index (χ3n) is 4.10. The molecule has 0 unspecified atom stereocenters. The van der Waals surface area contributed by atoms with Crippen LogP contribution in [0.15, 0.2) is 15.9 Å². The van der Waals surface area contributed by atoms with Crippen LogP contribution in [0.3, 0.4) is 0 Å². The molecule has 2 aromatic heterocycles. The summed E-state index contributed by atoms with van der Waals surface area (Å²) in [5.74, 6) is 0. The van der Waals surface area contributed by atoms with Crippen LogP contribution in [0.4, 0.5) is 5.13 Å². The number of fused-ring (bicyclic) bond motifs is 4. The minimum Gasteiger partial charge on any atom is -0.342 e. The number of rotatable bonds is 2. The quantitative estimate of drug-likeness (QED) is 0.811. The van der Waals surface area contributed by atoms with Crippen molar-refractivity contribution in [3.05, 3.63) is 15.9 Å². The molecule has 4 nitrogen and oxygen atoms in total. The summed E-state index contributed by atoms with van der Waals surface area (Å²) in [5.41, 5.74) is 0. The maximum atomic E-state index is 4.45. The first kappa shape index (κ1) is 13.2. The molecule has 0 N–H and O–H groups in total. The number of piperidine rings is 1. The van der Waals surface area contributed by atoms with Gasteiger partial charge in [0.05, 0.1) is 8.66 Å². The number of aromatic nitrogens is 2. The van der Waals surface area contributed by atoms with Gasteiger partial charge in [0.1, 0.15) is 0 Å². The summed E-state index contributed by atoms with van der Waals surface area (Å²) in [6.07, 6.45) is 2.53. The maximum absolute atomic E-state index is 4.45. The van der Waals surface area contributed by atoms with Gasteiger partial charge in [-0.15, -0.1) is 21.5 Å². The van der Waals surface area contributed by atoms with Crippen LogP contribution < -0.4 is 4.90 Å². The minimum atomic E-state index is 0.657. The van der Waals surface area contributed by atoms with Gasteiger partial charge in [-0.3, -0.25) is 0 Å². The van der Waals surface area contributed by atoms with E-state index >= 15 is 0 Å². The molecule has 0 atom stereocenters. The molecule has 0 saturated carbocycles. The van der Waals surface area contributed by atoms with Crippen LogP contribution in [0.1, 0.15) is 12.8 Å². The highest BCUT2D eigenvalue weighted by molar-refractivity contribution is 9.11. The Morgan fingerprint density at radius 1 is 1.05 bits per heavy atom. The van der Waals surface area contributed by atoms with E-state index in [1.165, 1.54) is 30.8 Å². The van der Waals surface area contributed by atoms with Crippen LogP contribution in [0.2, 0.25) is 0 Å². The smallest absolute Gasteiger partial charge is 0.208 e. The van der Waals surface area contributed by atoms with E-state index in [2.05, 4.69) is 48.1 Å². The third-order valence-corrected chi connectivity index (χ3v) is 6.85. The molecule has 3 aliphatic rings. The first-order valence-corrected chi connectivity index (χ1v) is 9.30. The molecular weight excluding hydrogens is 356 g/mol. The molecule has 0 aliphatic carbocycles. The van der Waals surface area contributed by atoms with Gasteiger partial charge in [-0.1, -0.05) is 11.3 Å². The summed E-state index contributed by atoms with van der Waals surface area (Å²) in [6.45, 7) is 4.73. The molecule has 2 bridgehead atoms. The lowest BCUT2D eigenvalue weighted by Crippen LogP contribution is -2.37. The minimum absolute atomic E-state index is 0.657. The fourth-order valence-corrected chi connectivity index (χ4v) is 5.38. The summed E-state index contributed by atoms with van der Waals surface area (Å²) >= 11 is 6.95. The molecule has 0 radical (unpaired) electrons. The van der Waals surface area contributed by atoms with Crippen molar-refractivity contribution in [2.24, 2.45) is 0 Å². The van der Waals surface area contributed by atoms with Gasteiger partial charge >= 0.3 is 0 Å². The summed E-state index contributed by atoms with van der Waals surface area (Å²) in [6, 6.07) is 4.84. The van der Waals surface area contributed by atoms with E-state index in [0.717, 1.165) is 27.0 Å². The SMILES string of the molecule is Brc1ccc(-c2nnc(N3CCN4CCC3CC4)s2)s1. The van der Waals surface area contributed by atoms with E-state index in [1.54, 1.807) is 22.7 Å². The standard InChI is InChI=1S/C13H15BrN4S2/c14-11-2-1-10(19-11)12-15-16-13(20-12)18-8-7-17-5-3-9(18)4-6-17/h1-2,9H,3-8H2. The van der Waals surface area contributed by atoms with Gasteiger partial charge in [0.25, 0.3) is 0 Å². The fraction of sp³-hybridized carbons (Fsp3) is 0.538. The van der Waals surface area contributed by atoms with Crippen molar-refractivity contribution in [2.75, 3.05) is 31.1 Å². The van der Waals surface area contributed by atoms with Gasteiger partial charge in [-0.05, 0) is 40.9 Å². The Morgan fingerprint density at radius 3 is 2.65 bits per heavy atom. The van der Waals surface area contributed by atoms with Crippen molar-refractivity contribution in [1.82, 2.24) is 15.1 Å². The van der Waals surface area contributed by atoms with E-state index in [1.807, 2.05) is 0 Å². The molecule has 5 heterocycles. The van der Waals surface area contributed by atoms with E-state index < -0.39 is 0 Å². The second kappa shape index (κ2) is 5.36. The lowest BCUT2D eigenvalue weighted by molar-refractivity contribution is 0.250. The lowest BCUT2D eigenvalue weighted by Gasteiger charge is -2.30. The third kappa shape index (κ3) is 2.41. The lowest BCUT2D eigenvalue weighted by atomic mass is 10.1. The second-order valence-electron chi connectivity index (χ2n) is 5.26. The van der Waals surface area contributed by atoms with Gasteiger partial charge in [-0.25, -0.2) is 0 Å². The monoisotopic (exact) mass is 370 g/mol. The van der Waals surface area contributed by atoms with Gasteiger partial charge in [0.15, 0.2) is 5.01 Å². The molecule has 3 aliphatic heterocycles. The van der Waals surface area contributed by atoms with Crippen molar-refractivity contribution in [2.45, 2.75) is 18.9 Å². The molecule has 3 saturated heterocycles. The Balaban J connectivity index is 1.61. The Labute approximate surface area is 134 Å². The van der Waals surface area contributed by atoms with Gasteiger partial charge in [-0.2, -0.15) is 0 Å². The molecule has 0 aromatic carbocycles. The van der Waals surface area contributed by atoms with Crippen LogP contribution in [-0.2, 0) is 0 Å². The van der Waals surface area contributed by atoms with Crippen LogP contribution in [-0.4, -0.2) is 47.3 Å². The fourth-order valence-electron chi connectivity index (χ4n) is 3.00. The normalized spacial score (nSPS) is 25.9. The average molecular weight is 371 g/mol. The van der Waals surface area contributed by atoms with Crippen molar-refractivity contribution in [1.29, 1.82) is 0 Å². The number of hydrogen-bond donors (Lipinski definition) is 0. The zero-order valence-electron chi connectivity index (χ0n) is 11.0. The first-order chi connectivity index (χ1) is 9.79. The number of halogens is 1. The topological polar surface area (TPSA) is 32.3 Å². The largest absolute Gasteiger partial charge is 0.342 e. The maximum Gasteiger partial charge on any atom is 0.208 e. The summed E-state index contributed by atoms with van der Waals surface area (Å²) in [5, 5.41) is 11.0. The molecule has 7 heteroatoms. The summed E-state index contributed by atoms with van der Waals surface area (Å²) in [4.78, 5) is 6.24. The van der Waals surface area contributed by atoms with Gasteiger partial charge in [0, 0.05) is 32.2 Å². The summed E-state index contributed by atoms with van der Waals surface area (Å²) < 4.78 is 1.14. The summed E-state index contributed by atoms with van der Waals surface area (Å²) in [7, 11) is 0. The Morgan fingerprint density at radius 2 is 1.90 bits per heavy atom. The van der Waals surface area contributed by atoms with Crippen LogP contribution in [0.25, 0.3) is 9.88 Å². The zero-order chi connectivity index (χ0) is 13.5. The van der Waals surface area contributed by atoms with E-state index in [-0.39, 0.29) is 0 Å². The molecular formula is C13H15BrN4S2. The number of thiophene rings is 1. The average Bonchev–Trinajstić information content (AvgIpc) is 3.01. The van der Waals surface area contributed by atoms with E-state index in [4.69, 9.17) is 0 Å². The van der Waals surface area contributed by atoms with Crippen molar-refractivity contribution < 1.29 is 0 Å². The Bertz CT molecular complexity index is 603. The first-order valence-electron chi connectivity index (χ1n) is 6.88.